The maximum absolute atomic E-state index is 14.0. The molecule has 2 bridgehead atoms. The molecule has 0 radical (unpaired) electrons. The first-order valence-electron chi connectivity index (χ1n) is 8.68. The first-order valence-corrected chi connectivity index (χ1v) is 8.68. The zero-order valence-corrected chi connectivity index (χ0v) is 14.4. The van der Waals surface area contributed by atoms with Crippen LogP contribution >= 0.6 is 0 Å². The number of ether oxygens (including phenoxy) is 1. The molecule has 3 nitrogen and oxygen atoms in total. The summed E-state index contributed by atoms with van der Waals surface area (Å²) >= 11 is 0. The van der Waals surface area contributed by atoms with Gasteiger partial charge in [0.25, 0.3) is 0 Å². The Balaban J connectivity index is 1.72. The quantitative estimate of drug-likeness (QED) is 0.749. The van der Waals surface area contributed by atoms with E-state index in [0.29, 0.717) is 18.6 Å². The second-order valence-corrected chi connectivity index (χ2v) is 7.08. The van der Waals surface area contributed by atoms with Crippen molar-refractivity contribution in [1.82, 2.24) is 9.80 Å². The maximum atomic E-state index is 14.0. The summed E-state index contributed by atoms with van der Waals surface area (Å²) in [6.07, 6.45) is -2.25. The standard InChI is InChI=1S/C18H24F4N2O/c1-25-7-6-24-10-13-2-4-16(24)12-23(9-13)11-14-8-15(18(20,21)22)3-5-17(14)19/h3,5,8,13,16H,2,4,6-7,9-12H2,1H3/t13-,16+/m1/s1. The van der Waals surface area contributed by atoms with Crippen LogP contribution in [-0.2, 0) is 17.5 Å². The fourth-order valence-corrected chi connectivity index (χ4v) is 4.00. The highest BCUT2D eigenvalue weighted by Crippen LogP contribution is 2.32. The number of halogens is 4. The Labute approximate surface area is 145 Å². The average Bonchev–Trinajstić information content (AvgIpc) is 2.84. The second-order valence-electron chi connectivity index (χ2n) is 7.08. The van der Waals surface area contributed by atoms with Crippen molar-refractivity contribution in [1.29, 1.82) is 0 Å². The molecule has 0 saturated carbocycles. The minimum Gasteiger partial charge on any atom is -0.383 e. The summed E-state index contributed by atoms with van der Waals surface area (Å²) in [4.78, 5) is 4.51. The summed E-state index contributed by atoms with van der Waals surface area (Å²) in [6.45, 7) is 4.30. The van der Waals surface area contributed by atoms with Crippen LogP contribution in [0.2, 0.25) is 0 Å². The van der Waals surface area contributed by atoms with Gasteiger partial charge < -0.3 is 4.74 Å². The molecule has 2 atom stereocenters. The van der Waals surface area contributed by atoms with Crippen LogP contribution in [-0.4, -0.2) is 55.7 Å². The lowest BCUT2D eigenvalue weighted by atomic mass is 9.95. The van der Waals surface area contributed by atoms with E-state index in [9.17, 15) is 17.6 Å². The minimum absolute atomic E-state index is 0.125. The monoisotopic (exact) mass is 360 g/mol. The normalized spacial score (nSPS) is 25.3. The van der Waals surface area contributed by atoms with Gasteiger partial charge in [0.15, 0.2) is 0 Å². The largest absolute Gasteiger partial charge is 0.416 e. The molecule has 3 aliphatic rings. The lowest BCUT2D eigenvalue weighted by molar-refractivity contribution is -0.137. The third-order valence-electron chi connectivity index (χ3n) is 5.25. The molecule has 3 saturated heterocycles. The summed E-state index contributed by atoms with van der Waals surface area (Å²) in [5.41, 5.74) is -0.664. The van der Waals surface area contributed by atoms with Crippen LogP contribution in [0.5, 0.6) is 0 Å². The zero-order valence-electron chi connectivity index (χ0n) is 14.4. The summed E-state index contributed by atoms with van der Waals surface area (Å²) < 4.78 is 57.9. The fourth-order valence-electron chi connectivity index (χ4n) is 4.00. The van der Waals surface area contributed by atoms with Gasteiger partial charge in [-0.2, -0.15) is 13.2 Å². The van der Waals surface area contributed by atoms with Crippen molar-refractivity contribution < 1.29 is 22.3 Å². The van der Waals surface area contributed by atoms with E-state index >= 15 is 0 Å². The minimum atomic E-state index is -4.45. The predicted molar refractivity (Wildman–Crippen MR) is 86.6 cm³/mol. The second kappa shape index (κ2) is 7.60. The van der Waals surface area contributed by atoms with Gasteiger partial charge >= 0.3 is 6.18 Å². The summed E-state index contributed by atoms with van der Waals surface area (Å²) in [7, 11) is 1.68. The highest BCUT2D eigenvalue weighted by atomic mass is 19.4. The van der Waals surface area contributed by atoms with Crippen molar-refractivity contribution in [3.05, 3.63) is 35.1 Å². The van der Waals surface area contributed by atoms with Gasteiger partial charge in [-0.1, -0.05) is 0 Å². The van der Waals surface area contributed by atoms with Crippen molar-refractivity contribution in [3.63, 3.8) is 0 Å². The molecule has 7 heteroatoms. The third kappa shape index (κ3) is 4.51. The van der Waals surface area contributed by atoms with Crippen molar-refractivity contribution in [2.24, 2.45) is 5.92 Å². The average molecular weight is 360 g/mol. The lowest BCUT2D eigenvalue weighted by Crippen LogP contribution is -2.45. The number of alkyl halides is 3. The Bertz CT molecular complexity index is 593. The van der Waals surface area contributed by atoms with Gasteiger partial charge in [-0.05, 0) is 37.0 Å². The molecule has 0 aliphatic carbocycles. The first-order chi connectivity index (χ1) is 11.9. The lowest BCUT2D eigenvalue weighted by Gasteiger charge is -2.35. The van der Waals surface area contributed by atoms with Crippen LogP contribution < -0.4 is 0 Å². The number of methoxy groups -OCH3 is 1. The van der Waals surface area contributed by atoms with Gasteiger partial charge in [-0.3, -0.25) is 9.80 Å². The van der Waals surface area contributed by atoms with Gasteiger partial charge in [0.2, 0.25) is 0 Å². The molecule has 0 spiro atoms. The van der Waals surface area contributed by atoms with Crippen LogP contribution in [0.3, 0.4) is 0 Å². The number of hydrogen-bond donors (Lipinski definition) is 0. The van der Waals surface area contributed by atoms with Gasteiger partial charge in [0.05, 0.1) is 12.2 Å². The summed E-state index contributed by atoms with van der Waals surface area (Å²) in [6, 6.07) is 3.04. The van der Waals surface area contributed by atoms with E-state index in [1.54, 1.807) is 7.11 Å². The van der Waals surface area contributed by atoms with E-state index < -0.39 is 17.6 Å². The fraction of sp³-hybridized carbons (Fsp3) is 0.667. The Morgan fingerprint density at radius 3 is 2.68 bits per heavy atom. The summed E-state index contributed by atoms with van der Waals surface area (Å²) in [5, 5.41) is 0. The van der Waals surface area contributed by atoms with E-state index in [1.165, 1.54) is 0 Å². The van der Waals surface area contributed by atoms with Crippen LogP contribution in [0, 0.1) is 11.7 Å². The molecule has 0 aromatic heterocycles. The molecule has 0 amide bonds. The highest BCUT2D eigenvalue weighted by molar-refractivity contribution is 5.27. The van der Waals surface area contributed by atoms with Crippen LogP contribution in [0.15, 0.2) is 18.2 Å². The van der Waals surface area contributed by atoms with Crippen molar-refractivity contribution >= 4 is 0 Å². The van der Waals surface area contributed by atoms with Gasteiger partial charge in [-0.25, -0.2) is 4.39 Å². The molecule has 3 heterocycles. The van der Waals surface area contributed by atoms with Gasteiger partial charge in [-0.15, -0.1) is 0 Å². The molecule has 1 aromatic carbocycles. The van der Waals surface area contributed by atoms with E-state index in [-0.39, 0.29) is 12.1 Å². The topological polar surface area (TPSA) is 15.7 Å². The Kier molecular flexibility index (Phi) is 5.65. The van der Waals surface area contributed by atoms with Crippen molar-refractivity contribution in [2.45, 2.75) is 31.6 Å². The molecule has 0 N–H and O–H groups in total. The Morgan fingerprint density at radius 2 is 1.96 bits per heavy atom. The molecule has 1 aromatic rings. The van der Waals surface area contributed by atoms with E-state index in [0.717, 1.165) is 57.2 Å². The molecule has 3 fully saturated rings. The third-order valence-corrected chi connectivity index (χ3v) is 5.25. The molecule has 3 aliphatic heterocycles. The van der Waals surface area contributed by atoms with Crippen molar-refractivity contribution in [3.8, 4) is 0 Å². The number of benzene rings is 1. The number of piperidine rings is 1. The zero-order chi connectivity index (χ0) is 18.0. The van der Waals surface area contributed by atoms with E-state index in [1.807, 2.05) is 0 Å². The molecule has 0 unspecified atom stereocenters. The molecule has 4 rings (SSSR count). The highest BCUT2D eigenvalue weighted by Gasteiger charge is 2.35. The number of fused-ring (bicyclic) bond motifs is 4. The van der Waals surface area contributed by atoms with E-state index in [2.05, 4.69) is 9.80 Å². The smallest absolute Gasteiger partial charge is 0.383 e. The number of nitrogens with zero attached hydrogens (tertiary/aromatic N) is 2. The van der Waals surface area contributed by atoms with Gasteiger partial charge in [0, 0.05) is 51.4 Å². The van der Waals surface area contributed by atoms with Gasteiger partial charge in [0.1, 0.15) is 5.82 Å². The van der Waals surface area contributed by atoms with Crippen LogP contribution in [0.4, 0.5) is 17.6 Å². The Hall–Kier alpha value is -1.18. The van der Waals surface area contributed by atoms with E-state index in [4.69, 9.17) is 4.74 Å². The molecule has 25 heavy (non-hydrogen) atoms. The number of rotatable bonds is 5. The van der Waals surface area contributed by atoms with Crippen LogP contribution in [0.25, 0.3) is 0 Å². The first kappa shape index (κ1) is 18.6. The molecular weight excluding hydrogens is 336 g/mol. The molecular formula is C18H24F4N2O. The predicted octanol–water partition coefficient (Wildman–Crippen LogP) is 3.39. The van der Waals surface area contributed by atoms with Crippen molar-refractivity contribution in [2.75, 3.05) is 39.9 Å². The molecule has 140 valence electrons. The summed E-state index contributed by atoms with van der Waals surface area (Å²) in [5.74, 6) is -0.0923. The Morgan fingerprint density at radius 1 is 1.16 bits per heavy atom. The van der Waals surface area contributed by atoms with Crippen LogP contribution in [0.1, 0.15) is 24.0 Å². The maximum Gasteiger partial charge on any atom is 0.416 e. The SMILES string of the molecule is COCCN1C[C@@H]2CC[C@H]1CN(Cc1cc(C(F)(F)F)ccc1F)C2. The number of hydrogen-bond acceptors (Lipinski definition) is 3.